The Morgan fingerprint density at radius 1 is 1.02 bits per heavy atom. The van der Waals surface area contributed by atoms with Gasteiger partial charge in [0.1, 0.15) is 23.0 Å². The largest absolute Gasteiger partial charge is 0.487 e. The van der Waals surface area contributed by atoms with Gasteiger partial charge < -0.3 is 20.5 Å². The monoisotopic (exact) mass is 597 g/mol. The van der Waals surface area contributed by atoms with E-state index in [1.807, 2.05) is 30.3 Å². The van der Waals surface area contributed by atoms with Crippen molar-refractivity contribution >= 4 is 5.91 Å². The zero-order chi connectivity index (χ0) is 30.7. The van der Waals surface area contributed by atoms with Gasteiger partial charge in [-0.05, 0) is 73.6 Å². The highest BCUT2D eigenvalue weighted by Gasteiger charge is 2.45. The Morgan fingerprint density at radius 2 is 1.80 bits per heavy atom. The average Bonchev–Trinajstić information content (AvgIpc) is 3.02. The number of aromatic nitrogens is 1. The number of aliphatic hydroxyl groups is 1. The van der Waals surface area contributed by atoms with Crippen LogP contribution in [0.25, 0.3) is 11.3 Å². The topological polar surface area (TPSA) is 83.5 Å². The van der Waals surface area contributed by atoms with Gasteiger partial charge in [0.2, 0.25) is 0 Å². The van der Waals surface area contributed by atoms with Crippen LogP contribution in [0.15, 0.2) is 85.1 Å². The van der Waals surface area contributed by atoms with Crippen molar-refractivity contribution in [1.82, 2.24) is 15.6 Å². The summed E-state index contributed by atoms with van der Waals surface area (Å²) in [7, 11) is 0. The third-order valence-electron chi connectivity index (χ3n) is 8.92. The van der Waals surface area contributed by atoms with E-state index in [1.165, 1.54) is 30.0 Å². The molecular formula is C36H37F2N3O3. The number of nitrogens with zero attached hydrogens (tertiary/aromatic N) is 1. The molecule has 3 N–H and O–H groups in total. The van der Waals surface area contributed by atoms with E-state index in [0.29, 0.717) is 6.42 Å². The number of benzene rings is 3. The van der Waals surface area contributed by atoms with E-state index in [1.54, 1.807) is 0 Å². The Morgan fingerprint density at radius 3 is 2.50 bits per heavy atom. The molecular weight excluding hydrogens is 560 g/mol. The molecule has 1 aliphatic carbocycles. The van der Waals surface area contributed by atoms with Gasteiger partial charge in [-0.3, -0.25) is 9.78 Å². The highest BCUT2D eigenvalue weighted by Crippen LogP contribution is 2.49. The van der Waals surface area contributed by atoms with Gasteiger partial charge >= 0.3 is 0 Å². The Bertz CT molecular complexity index is 1610. The highest BCUT2D eigenvalue weighted by atomic mass is 19.1. The van der Waals surface area contributed by atoms with E-state index in [9.17, 15) is 18.7 Å². The van der Waals surface area contributed by atoms with Crippen LogP contribution in [0.4, 0.5) is 8.78 Å². The Balaban J connectivity index is 1.21. The molecule has 1 aromatic heterocycles. The Kier molecular flexibility index (Phi) is 8.73. The van der Waals surface area contributed by atoms with Crippen molar-refractivity contribution in [3.8, 4) is 17.0 Å². The number of hydrogen-bond donors (Lipinski definition) is 3. The summed E-state index contributed by atoms with van der Waals surface area (Å²) in [5.41, 5.74) is 3.03. The van der Waals surface area contributed by atoms with Gasteiger partial charge in [0.25, 0.3) is 5.91 Å². The maximum absolute atomic E-state index is 14.4. The van der Waals surface area contributed by atoms with Crippen molar-refractivity contribution in [2.24, 2.45) is 0 Å². The normalized spacial score (nSPS) is 18.0. The molecule has 1 aliphatic heterocycles. The first-order valence-corrected chi connectivity index (χ1v) is 15.3. The third-order valence-corrected chi connectivity index (χ3v) is 8.92. The fraction of sp³-hybridized carbons (Fsp3) is 0.333. The standard InChI is InChI=1S/C36H37F2N3O3/c1-2-23-12-13-33-26(18-23)31(21-36(44-33)15-7-16-36)40-22-32(42)29(19-24-8-4-3-5-9-24)41-35(43)25-14-17-39-30(20-25)34-27(37)10-6-11-28(34)38/h3-6,8-14,17-18,20,29,31-32,40,42H,2,7,15-16,19,21-22H2,1H3,(H,41,43)/t29-,31-,32-/m0/s1. The van der Waals surface area contributed by atoms with Crippen LogP contribution < -0.4 is 15.4 Å². The number of amides is 1. The van der Waals surface area contributed by atoms with Crippen LogP contribution in [0.5, 0.6) is 5.75 Å². The lowest BCUT2D eigenvalue weighted by atomic mass is 9.72. The molecule has 44 heavy (non-hydrogen) atoms. The van der Waals surface area contributed by atoms with Gasteiger partial charge in [0.15, 0.2) is 0 Å². The summed E-state index contributed by atoms with van der Waals surface area (Å²) in [5, 5.41) is 18.1. The van der Waals surface area contributed by atoms with Crippen molar-refractivity contribution in [2.45, 2.75) is 69.2 Å². The number of pyridine rings is 1. The van der Waals surface area contributed by atoms with E-state index in [2.05, 4.69) is 40.7 Å². The molecule has 2 aliphatic rings. The van der Waals surface area contributed by atoms with Gasteiger partial charge in [-0.25, -0.2) is 8.78 Å². The quantitative estimate of drug-likeness (QED) is 0.199. The third kappa shape index (κ3) is 6.37. The number of rotatable bonds is 10. The molecule has 228 valence electrons. The molecule has 0 bridgehead atoms. The lowest BCUT2D eigenvalue weighted by molar-refractivity contribution is -0.0382. The number of hydrogen-bond acceptors (Lipinski definition) is 5. The molecule has 3 aromatic carbocycles. The van der Waals surface area contributed by atoms with Crippen molar-refractivity contribution in [2.75, 3.05) is 6.54 Å². The van der Waals surface area contributed by atoms with Crippen molar-refractivity contribution in [1.29, 1.82) is 0 Å². The number of carbonyl (C=O) groups is 1. The summed E-state index contributed by atoms with van der Waals surface area (Å²) < 4.78 is 35.4. The Labute approximate surface area is 256 Å². The van der Waals surface area contributed by atoms with Crippen LogP contribution in [0, 0.1) is 11.6 Å². The van der Waals surface area contributed by atoms with Crippen LogP contribution in [0.1, 0.15) is 65.7 Å². The van der Waals surface area contributed by atoms with Crippen LogP contribution in [0.2, 0.25) is 0 Å². The van der Waals surface area contributed by atoms with Crippen LogP contribution >= 0.6 is 0 Å². The van der Waals surface area contributed by atoms with Crippen molar-refractivity contribution in [3.63, 3.8) is 0 Å². The summed E-state index contributed by atoms with van der Waals surface area (Å²) in [6.45, 7) is 2.37. The number of carbonyl (C=O) groups excluding carboxylic acids is 1. The summed E-state index contributed by atoms with van der Waals surface area (Å²) in [6.07, 6.45) is 5.72. The summed E-state index contributed by atoms with van der Waals surface area (Å²) in [4.78, 5) is 17.6. The molecule has 0 unspecified atom stereocenters. The van der Waals surface area contributed by atoms with Crippen LogP contribution in [-0.4, -0.2) is 40.3 Å². The SMILES string of the molecule is CCc1ccc2c(c1)[C@@H](NC[C@H](O)[C@H](Cc1ccccc1)NC(=O)c1ccnc(-c3c(F)cccc3F)c1)CC1(CCC1)O2. The second-order valence-electron chi connectivity index (χ2n) is 11.9. The number of nitrogens with one attached hydrogen (secondary N) is 2. The molecule has 8 heteroatoms. The second kappa shape index (κ2) is 12.8. The van der Waals surface area contributed by atoms with Gasteiger partial charge in [-0.1, -0.05) is 55.5 Å². The molecule has 1 spiro atoms. The average molecular weight is 598 g/mol. The lowest BCUT2D eigenvalue weighted by Crippen LogP contribution is -2.52. The molecule has 3 atom stereocenters. The van der Waals surface area contributed by atoms with E-state index >= 15 is 0 Å². The van der Waals surface area contributed by atoms with E-state index in [-0.39, 0.29) is 35.0 Å². The summed E-state index contributed by atoms with van der Waals surface area (Å²) in [6, 6.07) is 21.8. The Hall–Kier alpha value is -4.14. The van der Waals surface area contributed by atoms with Crippen molar-refractivity contribution in [3.05, 3.63) is 119 Å². The predicted octanol–water partition coefficient (Wildman–Crippen LogP) is 6.33. The highest BCUT2D eigenvalue weighted by molar-refractivity contribution is 5.95. The number of fused-ring (bicyclic) bond motifs is 1. The minimum atomic E-state index is -0.928. The number of aliphatic hydroxyl groups excluding tert-OH is 1. The molecule has 1 amide bonds. The summed E-state index contributed by atoms with van der Waals surface area (Å²) in [5.74, 6) is -1.09. The fourth-order valence-electron chi connectivity index (χ4n) is 6.26. The first-order valence-electron chi connectivity index (χ1n) is 15.3. The zero-order valence-electron chi connectivity index (χ0n) is 24.7. The maximum atomic E-state index is 14.4. The van der Waals surface area contributed by atoms with E-state index < -0.39 is 29.7 Å². The van der Waals surface area contributed by atoms with Crippen LogP contribution in [0.3, 0.4) is 0 Å². The van der Waals surface area contributed by atoms with Gasteiger partial charge in [0, 0.05) is 36.3 Å². The number of halogens is 2. The maximum Gasteiger partial charge on any atom is 0.251 e. The predicted molar refractivity (Wildman–Crippen MR) is 165 cm³/mol. The summed E-state index contributed by atoms with van der Waals surface area (Å²) >= 11 is 0. The molecule has 4 aromatic rings. The molecule has 6 nitrogen and oxygen atoms in total. The lowest BCUT2D eigenvalue weighted by Gasteiger charge is -2.48. The van der Waals surface area contributed by atoms with Gasteiger partial charge in [-0.15, -0.1) is 0 Å². The molecule has 0 saturated heterocycles. The number of aryl methyl sites for hydroxylation is 1. The first-order chi connectivity index (χ1) is 21.3. The van der Waals surface area contributed by atoms with E-state index in [0.717, 1.165) is 61.1 Å². The number of ether oxygens (including phenoxy) is 1. The fourth-order valence-corrected chi connectivity index (χ4v) is 6.26. The molecule has 6 rings (SSSR count). The minimum absolute atomic E-state index is 0.00620. The van der Waals surface area contributed by atoms with Crippen molar-refractivity contribution < 1.29 is 23.4 Å². The van der Waals surface area contributed by atoms with E-state index in [4.69, 9.17) is 4.74 Å². The molecule has 0 radical (unpaired) electrons. The van der Waals surface area contributed by atoms with Crippen LogP contribution in [-0.2, 0) is 12.8 Å². The first kappa shape index (κ1) is 29.9. The second-order valence-corrected chi connectivity index (χ2v) is 11.9. The molecule has 1 saturated carbocycles. The minimum Gasteiger partial charge on any atom is -0.487 e. The zero-order valence-corrected chi connectivity index (χ0v) is 24.7. The van der Waals surface area contributed by atoms with Gasteiger partial charge in [-0.2, -0.15) is 0 Å². The molecule has 2 heterocycles. The van der Waals surface area contributed by atoms with Gasteiger partial charge in [0.05, 0.1) is 23.4 Å². The smallest absolute Gasteiger partial charge is 0.251 e. The molecule has 1 fully saturated rings.